The molecule has 1 aliphatic rings. The van der Waals surface area contributed by atoms with Crippen LogP contribution >= 0.6 is 0 Å². The average Bonchev–Trinajstić information content (AvgIpc) is 2.97. The highest BCUT2D eigenvalue weighted by Gasteiger charge is 2.33. The first kappa shape index (κ1) is 16.0. The van der Waals surface area contributed by atoms with Gasteiger partial charge in [-0.15, -0.1) is 0 Å². The monoisotopic (exact) mass is 345 g/mol. The fourth-order valence-corrected chi connectivity index (χ4v) is 3.35. The fraction of sp³-hybridized carbons (Fsp3) is 0.100. The molecule has 0 saturated carbocycles. The molecule has 0 aliphatic heterocycles. The summed E-state index contributed by atoms with van der Waals surface area (Å²) >= 11 is 0. The van der Waals surface area contributed by atoms with Crippen LogP contribution in [-0.4, -0.2) is 27.3 Å². The first-order chi connectivity index (χ1) is 12.4. The van der Waals surface area contributed by atoms with E-state index < -0.39 is 5.91 Å². The summed E-state index contributed by atoms with van der Waals surface area (Å²) in [5.74, 6) is -1.06. The third-order valence-corrected chi connectivity index (χ3v) is 4.57. The number of hydrogen-bond donors (Lipinski definition) is 1. The van der Waals surface area contributed by atoms with Crippen molar-refractivity contribution in [3.05, 3.63) is 81.7 Å². The lowest BCUT2D eigenvalue weighted by atomic mass is 9.82. The second-order valence-corrected chi connectivity index (χ2v) is 6.30. The van der Waals surface area contributed by atoms with E-state index in [0.29, 0.717) is 22.5 Å². The second-order valence-electron chi connectivity index (χ2n) is 6.30. The fourth-order valence-electron chi connectivity index (χ4n) is 3.35. The molecule has 0 bridgehead atoms. The van der Waals surface area contributed by atoms with Crippen LogP contribution in [0.3, 0.4) is 0 Å². The Morgan fingerprint density at radius 1 is 0.962 bits per heavy atom. The molecule has 0 spiro atoms. The van der Waals surface area contributed by atoms with Crippen molar-refractivity contribution in [2.24, 2.45) is 0 Å². The van der Waals surface area contributed by atoms with Crippen LogP contribution in [0.5, 0.6) is 0 Å². The molecule has 0 saturated heterocycles. The molecule has 128 valence electrons. The maximum absolute atomic E-state index is 12.9. The largest absolute Gasteiger partial charge is 0.397 e. The standard InChI is InChI=1S/C20H15N3O3/c1-10-9-11(2)23(22-10)20(26)15-8-7-14-16(17(15)21)19(25)13-6-4-3-5-12(13)18(14)24/h3-9H,21H2,1-2H3. The van der Waals surface area contributed by atoms with E-state index in [-0.39, 0.29) is 33.9 Å². The highest BCUT2D eigenvalue weighted by atomic mass is 16.2. The number of nitrogens with two attached hydrogens (primary N) is 1. The average molecular weight is 345 g/mol. The van der Waals surface area contributed by atoms with Gasteiger partial charge in [-0.25, -0.2) is 4.68 Å². The number of benzene rings is 2. The number of ketones is 2. The molecule has 0 radical (unpaired) electrons. The minimum absolute atomic E-state index is 0.00732. The Bertz CT molecular complexity index is 1130. The van der Waals surface area contributed by atoms with Gasteiger partial charge >= 0.3 is 0 Å². The third kappa shape index (κ3) is 2.12. The molecule has 0 amide bonds. The van der Waals surface area contributed by atoms with Gasteiger partial charge in [-0.2, -0.15) is 5.10 Å². The molecule has 2 N–H and O–H groups in total. The third-order valence-electron chi connectivity index (χ3n) is 4.57. The summed E-state index contributed by atoms with van der Waals surface area (Å²) in [5, 5.41) is 4.17. The lowest BCUT2D eigenvalue weighted by Gasteiger charge is -2.20. The van der Waals surface area contributed by atoms with Crippen molar-refractivity contribution in [3.8, 4) is 0 Å². The van der Waals surface area contributed by atoms with E-state index in [2.05, 4.69) is 5.10 Å². The second kappa shape index (κ2) is 5.49. The van der Waals surface area contributed by atoms with E-state index >= 15 is 0 Å². The van der Waals surface area contributed by atoms with Crippen LogP contribution < -0.4 is 5.73 Å². The van der Waals surface area contributed by atoms with Gasteiger partial charge in [0.2, 0.25) is 0 Å². The van der Waals surface area contributed by atoms with Crippen molar-refractivity contribution in [1.29, 1.82) is 0 Å². The highest BCUT2D eigenvalue weighted by Crippen LogP contribution is 2.33. The number of aromatic nitrogens is 2. The molecule has 4 rings (SSSR count). The van der Waals surface area contributed by atoms with Crippen molar-refractivity contribution >= 4 is 23.2 Å². The van der Waals surface area contributed by atoms with Crippen molar-refractivity contribution < 1.29 is 14.4 Å². The number of anilines is 1. The predicted molar refractivity (Wildman–Crippen MR) is 95.6 cm³/mol. The molecular formula is C20H15N3O3. The Hall–Kier alpha value is -3.54. The summed E-state index contributed by atoms with van der Waals surface area (Å²) in [6.07, 6.45) is 0. The van der Waals surface area contributed by atoms with Gasteiger partial charge in [0.25, 0.3) is 5.91 Å². The van der Waals surface area contributed by atoms with Gasteiger partial charge in [-0.3, -0.25) is 14.4 Å². The van der Waals surface area contributed by atoms with Crippen LogP contribution in [0.25, 0.3) is 0 Å². The maximum atomic E-state index is 12.9. The first-order valence-corrected chi connectivity index (χ1v) is 8.09. The van der Waals surface area contributed by atoms with Gasteiger partial charge in [0.15, 0.2) is 11.6 Å². The molecule has 26 heavy (non-hydrogen) atoms. The van der Waals surface area contributed by atoms with Gasteiger partial charge in [0.1, 0.15) is 0 Å². The molecule has 3 aromatic rings. The van der Waals surface area contributed by atoms with Crippen molar-refractivity contribution in [2.45, 2.75) is 13.8 Å². The Morgan fingerprint density at radius 3 is 2.23 bits per heavy atom. The topological polar surface area (TPSA) is 95.0 Å². The van der Waals surface area contributed by atoms with Gasteiger partial charge in [0.05, 0.1) is 22.5 Å². The quantitative estimate of drug-likeness (QED) is 0.535. The SMILES string of the molecule is Cc1cc(C)n(C(=O)c2ccc3c(c2N)C(=O)c2ccccc2C3=O)n1. The molecule has 0 fully saturated rings. The number of hydrogen-bond acceptors (Lipinski definition) is 5. The number of nitrogens with zero attached hydrogens (tertiary/aromatic N) is 2. The summed E-state index contributed by atoms with van der Waals surface area (Å²) in [6.45, 7) is 3.55. The van der Waals surface area contributed by atoms with Crippen LogP contribution in [0.2, 0.25) is 0 Å². The number of carbonyl (C=O) groups is 3. The zero-order valence-corrected chi connectivity index (χ0v) is 14.2. The van der Waals surface area contributed by atoms with Gasteiger partial charge < -0.3 is 5.73 Å². The summed E-state index contributed by atoms with van der Waals surface area (Å²) in [6, 6.07) is 11.3. The molecular weight excluding hydrogens is 330 g/mol. The normalized spacial score (nSPS) is 12.7. The summed E-state index contributed by atoms with van der Waals surface area (Å²) in [4.78, 5) is 38.4. The van der Waals surface area contributed by atoms with Gasteiger partial charge in [0, 0.05) is 22.4 Å². The number of rotatable bonds is 1. The zero-order chi connectivity index (χ0) is 18.6. The number of aryl methyl sites for hydroxylation is 2. The van der Waals surface area contributed by atoms with Crippen LogP contribution in [0.15, 0.2) is 42.5 Å². The zero-order valence-electron chi connectivity index (χ0n) is 14.2. The van der Waals surface area contributed by atoms with E-state index in [1.807, 2.05) is 0 Å². The molecule has 0 atom stereocenters. The number of nitrogen functional groups attached to an aromatic ring is 1. The van der Waals surface area contributed by atoms with E-state index in [0.717, 1.165) is 0 Å². The lowest BCUT2D eigenvalue weighted by molar-refractivity contribution is 0.0941. The first-order valence-electron chi connectivity index (χ1n) is 8.09. The molecule has 1 heterocycles. The van der Waals surface area contributed by atoms with E-state index in [9.17, 15) is 14.4 Å². The van der Waals surface area contributed by atoms with Crippen molar-refractivity contribution in [1.82, 2.24) is 9.78 Å². The molecule has 1 aliphatic carbocycles. The van der Waals surface area contributed by atoms with E-state index in [1.165, 1.54) is 16.8 Å². The molecule has 6 heteroatoms. The smallest absolute Gasteiger partial charge is 0.280 e. The maximum Gasteiger partial charge on any atom is 0.280 e. The number of fused-ring (bicyclic) bond motifs is 2. The Labute approximate surface area is 149 Å². The Kier molecular flexibility index (Phi) is 3.37. The minimum atomic E-state index is -0.435. The highest BCUT2D eigenvalue weighted by molar-refractivity contribution is 6.31. The number of carbonyl (C=O) groups excluding carboxylic acids is 3. The molecule has 0 unspecified atom stereocenters. The Balaban J connectivity index is 1.90. The van der Waals surface area contributed by atoms with Crippen LogP contribution in [0.4, 0.5) is 5.69 Å². The van der Waals surface area contributed by atoms with Gasteiger partial charge in [-0.05, 0) is 32.0 Å². The Morgan fingerprint density at radius 2 is 1.62 bits per heavy atom. The van der Waals surface area contributed by atoms with Gasteiger partial charge in [-0.1, -0.05) is 24.3 Å². The lowest BCUT2D eigenvalue weighted by Crippen LogP contribution is -2.25. The summed E-state index contributed by atoms with van der Waals surface area (Å²) < 4.78 is 1.25. The van der Waals surface area contributed by atoms with E-state index in [4.69, 9.17) is 5.73 Å². The van der Waals surface area contributed by atoms with Crippen molar-refractivity contribution in [2.75, 3.05) is 5.73 Å². The molecule has 2 aromatic carbocycles. The van der Waals surface area contributed by atoms with Crippen molar-refractivity contribution in [3.63, 3.8) is 0 Å². The summed E-state index contributed by atoms with van der Waals surface area (Å²) in [7, 11) is 0. The van der Waals surface area contributed by atoms with Crippen LogP contribution in [-0.2, 0) is 0 Å². The van der Waals surface area contributed by atoms with Crippen LogP contribution in [0, 0.1) is 13.8 Å². The van der Waals surface area contributed by atoms with E-state index in [1.54, 1.807) is 44.2 Å². The molecule has 1 aromatic heterocycles. The molecule has 6 nitrogen and oxygen atoms in total. The van der Waals surface area contributed by atoms with Crippen LogP contribution in [0.1, 0.15) is 53.6 Å². The minimum Gasteiger partial charge on any atom is -0.397 e. The summed E-state index contributed by atoms with van der Waals surface area (Å²) in [5.41, 5.74) is 8.65. The predicted octanol–water partition coefficient (Wildman–Crippen LogP) is 2.55.